The molecule has 2 amide bonds. The maximum Gasteiger partial charge on any atom is 0.276 e. The van der Waals surface area contributed by atoms with E-state index in [2.05, 4.69) is 30.6 Å². The molecule has 2 aromatic heterocycles. The summed E-state index contributed by atoms with van der Waals surface area (Å²) in [6, 6.07) is 0. The van der Waals surface area contributed by atoms with Crippen LogP contribution in [0.4, 0.5) is 23.0 Å². The van der Waals surface area contributed by atoms with Gasteiger partial charge >= 0.3 is 0 Å². The van der Waals surface area contributed by atoms with E-state index < -0.39 is 22.9 Å². The monoisotopic (exact) mass is 391 g/mol. The number of nitrogen functional groups attached to an aromatic ring is 2. The molecule has 0 aromatic carbocycles. The summed E-state index contributed by atoms with van der Waals surface area (Å²) in [4.78, 5) is 60.9. The summed E-state index contributed by atoms with van der Waals surface area (Å²) in [5, 5.41) is 4.82. The molecule has 0 saturated heterocycles. The summed E-state index contributed by atoms with van der Waals surface area (Å²) in [5.74, 6) is -0.995. The summed E-state index contributed by atoms with van der Waals surface area (Å²) in [5.41, 5.74) is 9.81. The van der Waals surface area contributed by atoms with E-state index in [1.807, 2.05) is 0 Å². The third kappa shape index (κ3) is 5.63. The van der Waals surface area contributed by atoms with Gasteiger partial charge in [0.2, 0.25) is 11.8 Å². The number of nitrogens with zero attached hydrogens (tertiary/aromatic N) is 3. The molecular formula is C15H21N9O4. The van der Waals surface area contributed by atoms with Crippen molar-refractivity contribution in [3.05, 3.63) is 33.4 Å². The van der Waals surface area contributed by atoms with Crippen LogP contribution in [0.1, 0.15) is 12.8 Å². The molecule has 0 aliphatic heterocycles. The van der Waals surface area contributed by atoms with E-state index in [1.165, 1.54) is 0 Å². The molecule has 2 aromatic rings. The highest BCUT2D eigenvalue weighted by Crippen LogP contribution is 2.08. The Balaban J connectivity index is 1.77. The quantitative estimate of drug-likeness (QED) is 0.303. The van der Waals surface area contributed by atoms with Crippen LogP contribution < -0.4 is 33.2 Å². The Labute approximate surface area is 158 Å². The van der Waals surface area contributed by atoms with Gasteiger partial charge in [0.05, 0.1) is 12.7 Å². The average molecular weight is 391 g/mol. The topological polar surface area (TPSA) is 205 Å². The fourth-order valence-electron chi connectivity index (χ4n) is 2.17. The van der Waals surface area contributed by atoms with Crippen LogP contribution in [0.2, 0.25) is 0 Å². The predicted octanol–water partition coefficient (Wildman–Crippen LogP) is -1.69. The first-order valence-electron chi connectivity index (χ1n) is 8.22. The molecule has 0 aliphatic carbocycles. The maximum atomic E-state index is 12.0. The minimum Gasteiger partial charge on any atom is -0.382 e. The summed E-state index contributed by atoms with van der Waals surface area (Å²) < 4.78 is 0. The second kappa shape index (κ2) is 9.27. The number of carbonyl (C=O) groups excluding carboxylic acids is 2. The number of rotatable bonds is 8. The van der Waals surface area contributed by atoms with E-state index in [1.54, 1.807) is 11.9 Å². The summed E-state index contributed by atoms with van der Waals surface area (Å²) in [6.07, 6.45) is 2.42. The van der Waals surface area contributed by atoms with Crippen molar-refractivity contribution in [3.63, 3.8) is 0 Å². The Bertz CT molecular complexity index is 891. The van der Waals surface area contributed by atoms with Gasteiger partial charge in [0, 0.05) is 25.9 Å². The average Bonchev–Trinajstić information content (AvgIpc) is 2.64. The lowest BCUT2D eigenvalue weighted by Crippen LogP contribution is -2.30. The van der Waals surface area contributed by atoms with Crippen LogP contribution in [-0.2, 0) is 9.59 Å². The van der Waals surface area contributed by atoms with Gasteiger partial charge in [-0.15, -0.1) is 0 Å². The highest BCUT2D eigenvalue weighted by atomic mass is 16.2. The lowest BCUT2D eigenvalue weighted by atomic mass is 10.3. The van der Waals surface area contributed by atoms with Crippen molar-refractivity contribution in [2.24, 2.45) is 0 Å². The lowest BCUT2D eigenvalue weighted by Gasteiger charge is -2.16. The number of aromatic nitrogens is 4. The molecule has 0 aliphatic rings. The molecule has 0 spiro atoms. The predicted molar refractivity (Wildman–Crippen MR) is 103 cm³/mol. The minimum absolute atomic E-state index is 0.0706. The minimum atomic E-state index is -0.546. The number of hydrogen-bond acceptors (Lipinski definition) is 9. The first-order chi connectivity index (χ1) is 13.3. The molecule has 2 heterocycles. The van der Waals surface area contributed by atoms with Crippen LogP contribution in [0, 0.1) is 0 Å². The molecule has 8 N–H and O–H groups in total. The Hall–Kier alpha value is -3.74. The third-order valence-electron chi connectivity index (χ3n) is 3.73. The summed E-state index contributed by atoms with van der Waals surface area (Å²) in [6.45, 7) is 0.652. The molecule has 0 atom stereocenters. The van der Waals surface area contributed by atoms with Gasteiger partial charge in [0.25, 0.3) is 11.1 Å². The molecular weight excluding hydrogens is 370 g/mol. The highest BCUT2D eigenvalue weighted by Gasteiger charge is 2.13. The molecule has 0 fully saturated rings. The van der Waals surface area contributed by atoms with Crippen molar-refractivity contribution in [2.75, 3.05) is 42.2 Å². The summed E-state index contributed by atoms with van der Waals surface area (Å²) in [7, 11) is 1.72. The normalized spacial score (nSPS) is 10.6. The SMILES string of the molecule is CN(CCC(=O)Nc1c(N)nc[nH]c1=O)CCC(=O)Nc1c(N)nc[nH]c1=O. The van der Waals surface area contributed by atoms with Crippen LogP contribution in [-0.4, -0.2) is 56.8 Å². The van der Waals surface area contributed by atoms with Crippen LogP contribution in [0.5, 0.6) is 0 Å². The fourth-order valence-corrected chi connectivity index (χ4v) is 2.17. The van der Waals surface area contributed by atoms with Gasteiger partial charge in [-0.3, -0.25) is 19.2 Å². The van der Waals surface area contributed by atoms with E-state index in [4.69, 9.17) is 11.5 Å². The molecule has 0 unspecified atom stereocenters. The van der Waals surface area contributed by atoms with Crippen molar-refractivity contribution >= 4 is 34.8 Å². The first-order valence-corrected chi connectivity index (χ1v) is 8.22. The molecule has 28 heavy (non-hydrogen) atoms. The van der Waals surface area contributed by atoms with Gasteiger partial charge in [-0.25, -0.2) is 9.97 Å². The van der Waals surface area contributed by atoms with Crippen molar-refractivity contribution in [2.45, 2.75) is 12.8 Å². The number of nitrogens with one attached hydrogen (secondary N) is 4. The number of aromatic amines is 2. The molecule has 13 nitrogen and oxygen atoms in total. The molecule has 2 rings (SSSR count). The summed E-state index contributed by atoms with van der Waals surface area (Å²) >= 11 is 0. The van der Waals surface area contributed by atoms with Crippen molar-refractivity contribution in [1.29, 1.82) is 0 Å². The van der Waals surface area contributed by atoms with Gasteiger partial charge in [-0.2, -0.15) is 0 Å². The standard InChI is InChI=1S/C15H21N9O4/c1-24(4-2-8(25)22-10-12(16)18-6-20-14(10)27)5-3-9(26)23-11-13(17)19-7-21-15(11)28/h6-7H,2-5H2,1H3,(H,22,25)(H,23,26)(H3,16,18,20,27)(H3,17,19,21,28). The van der Waals surface area contributed by atoms with Gasteiger partial charge in [0.15, 0.2) is 11.6 Å². The highest BCUT2D eigenvalue weighted by molar-refractivity contribution is 5.93. The molecule has 0 saturated carbocycles. The van der Waals surface area contributed by atoms with Gasteiger partial charge in [0.1, 0.15) is 11.4 Å². The van der Waals surface area contributed by atoms with Crippen LogP contribution in [0.15, 0.2) is 22.2 Å². The Morgan fingerprint density at radius 3 is 1.68 bits per heavy atom. The van der Waals surface area contributed by atoms with Crippen LogP contribution >= 0.6 is 0 Å². The van der Waals surface area contributed by atoms with Gasteiger partial charge in [-0.05, 0) is 7.05 Å². The van der Waals surface area contributed by atoms with E-state index >= 15 is 0 Å². The fraction of sp³-hybridized carbons (Fsp3) is 0.333. The Morgan fingerprint density at radius 1 is 0.929 bits per heavy atom. The Kier molecular flexibility index (Phi) is 6.81. The molecule has 0 radical (unpaired) electrons. The zero-order valence-electron chi connectivity index (χ0n) is 15.1. The van der Waals surface area contributed by atoms with E-state index in [9.17, 15) is 19.2 Å². The zero-order chi connectivity index (χ0) is 20.7. The number of amides is 2. The maximum absolute atomic E-state index is 12.0. The van der Waals surface area contributed by atoms with Crippen molar-refractivity contribution < 1.29 is 9.59 Å². The number of carbonyl (C=O) groups is 2. The second-order valence-electron chi connectivity index (χ2n) is 5.88. The first kappa shape index (κ1) is 20.6. The van der Waals surface area contributed by atoms with E-state index in [0.29, 0.717) is 13.1 Å². The lowest BCUT2D eigenvalue weighted by molar-refractivity contribution is -0.116. The molecule has 0 bridgehead atoms. The molecule has 150 valence electrons. The number of nitrogens with two attached hydrogens (primary N) is 2. The van der Waals surface area contributed by atoms with Gasteiger partial charge in [-0.1, -0.05) is 0 Å². The van der Waals surface area contributed by atoms with Crippen LogP contribution in [0.3, 0.4) is 0 Å². The third-order valence-corrected chi connectivity index (χ3v) is 3.73. The number of H-pyrrole nitrogens is 2. The smallest absolute Gasteiger partial charge is 0.276 e. The molecule has 13 heteroatoms. The largest absolute Gasteiger partial charge is 0.382 e. The van der Waals surface area contributed by atoms with Crippen molar-refractivity contribution in [1.82, 2.24) is 24.8 Å². The van der Waals surface area contributed by atoms with Crippen LogP contribution in [0.25, 0.3) is 0 Å². The number of anilines is 4. The van der Waals surface area contributed by atoms with Gasteiger partial charge < -0.3 is 37.0 Å². The van der Waals surface area contributed by atoms with E-state index in [0.717, 1.165) is 12.7 Å². The zero-order valence-corrected chi connectivity index (χ0v) is 15.1. The Morgan fingerprint density at radius 2 is 1.32 bits per heavy atom. The van der Waals surface area contributed by atoms with Crippen molar-refractivity contribution in [3.8, 4) is 0 Å². The second-order valence-corrected chi connectivity index (χ2v) is 5.88. The number of hydrogen-bond donors (Lipinski definition) is 6. The van der Waals surface area contributed by atoms with E-state index in [-0.39, 0.29) is 35.9 Å².